The molecule has 0 bridgehead atoms. The minimum Gasteiger partial charge on any atom is -1.00 e. The van der Waals surface area contributed by atoms with E-state index in [2.05, 4.69) is 26.0 Å². The minimum absolute atomic E-state index is 0. The molecule has 1 rings (SSSR count). The topological polar surface area (TPSA) is 0 Å². The standard InChI is InChI=1S/C8H9.BrH.Zn/c1-7-4-3-5-8(2)6-7;;/h3-6H,1H2,2H3;1H;/p-1. The van der Waals surface area contributed by atoms with Crippen LogP contribution < -0.4 is 17.0 Å². The van der Waals surface area contributed by atoms with Crippen LogP contribution in [0.4, 0.5) is 0 Å². The van der Waals surface area contributed by atoms with Gasteiger partial charge in [0, 0.05) is 25.9 Å². The molecule has 0 spiro atoms. The van der Waals surface area contributed by atoms with E-state index in [0.29, 0.717) is 0 Å². The van der Waals surface area contributed by atoms with Gasteiger partial charge in [0.2, 0.25) is 0 Å². The average Bonchev–Trinajstić information content (AvgIpc) is 1.64. The van der Waals surface area contributed by atoms with Crippen LogP contribution in [0.1, 0.15) is 6.92 Å². The van der Waals surface area contributed by atoms with Crippen molar-refractivity contribution in [3.63, 3.8) is 0 Å². The van der Waals surface area contributed by atoms with E-state index in [4.69, 9.17) is 0 Å². The van der Waals surface area contributed by atoms with Gasteiger partial charge in [-0.25, -0.2) is 0 Å². The summed E-state index contributed by atoms with van der Waals surface area (Å²) < 4.78 is 0. The molecule has 0 aromatic rings. The summed E-state index contributed by atoms with van der Waals surface area (Å²) in [6.07, 6.45) is 8.12. The third-order valence-corrected chi connectivity index (χ3v) is 1.08. The first kappa shape index (κ1) is 13.0. The number of hydrogen-bond acceptors (Lipinski definition) is 0. The van der Waals surface area contributed by atoms with Crippen molar-refractivity contribution in [2.45, 2.75) is 6.92 Å². The number of hydrogen-bond donors (Lipinski definition) is 0. The molecule has 0 aliphatic heterocycles. The number of halogens is 1. The fourth-order valence-electron chi connectivity index (χ4n) is 0.712. The van der Waals surface area contributed by atoms with Gasteiger partial charge in [0.15, 0.2) is 0 Å². The summed E-state index contributed by atoms with van der Waals surface area (Å²) in [5, 5.41) is 0. The summed E-state index contributed by atoms with van der Waals surface area (Å²) in [4.78, 5) is 0. The van der Waals surface area contributed by atoms with Crippen LogP contribution in [0.15, 0.2) is 36.0 Å². The molecule has 1 aliphatic carbocycles. The van der Waals surface area contributed by atoms with Gasteiger partial charge in [-0.05, 0) is 12.5 Å². The van der Waals surface area contributed by atoms with Crippen LogP contribution in [0.3, 0.4) is 0 Å². The molecule has 10 heavy (non-hydrogen) atoms. The SMILES string of the molecule is C=C1[CH]C(C)=CC=C1.[Br-].[Zn]. The normalized spacial score (nSPS) is 14.9. The van der Waals surface area contributed by atoms with Crippen molar-refractivity contribution in [3.05, 3.63) is 42.4 Å². The van der Waals surface area contributed by atoms with Gasteiger partial charge in [0.1, 0.15) is 0 Å². The summed E-state index contributed by atoms with van der Waals surface area (Å²) in [5.74, 6) is 0. The van der Waals surface area contributed by atoms with Crippen molar-refractivity contribution in [2.24, 2.45) is 0 Å². The Balaban J connectivity index is 0. The molecular weight excluding hydrogens is 241 g/mol. The first-order chi connectivity index (χ1) is 3.79. The Morgan fingerprint density at radius 1 is 1.40 bits per heavy atom. The fraction of sp³-hybridized carbons (Fsp3) is 0.125. The zero-order valence-corrected chi connectivity index (χ0v) is 10.7. The molecule has 0 saturated carbocycles. The molecule has 0 amide bonds. The third kappa shape index (κ3) is 4.19. The molecule has 1 radical (unpaired) electrons. The number of allylic oxidation sites excluding steroid dienone is 5. The Morgan fingerprint density at radius 2 is 2.00 bits per heavy atom. The molecule has 0 N–H and O–H groups in total. The van der Waals surface area contributed by atoms with Crippen LogP contribution in [0.5, 0.6) is 0 Å². The maximum absolute atomic E-state index is 3.78. The van der Waals surface area contributed by atoms with Crippen LogP contribution in [-0.2, 0) is 19.5 Å². The van der Waals surface area contributed by atoms with Crippen LogP contribution in [0.25, 0.3) is 0 Å². The Morgan fingerprint density at radius 3 is 2.30 bits per heavy atom. The average molecular weight is 250 g/mol. The molecule has 0 heterocycles. The summed E-state index contributed by atoms with van der Waals surface area (Å²) in [5.41, 5.74) is 2.36. The van der Waals surface area contributed by atoms with E-state index >= 15 is 0 Å². The van der Waals surface area contributed by atoms with Gasteiger partial charge >= 0.3 is 0 Å². The second-order valence-corrected chi connectivity index (χ2v) is 1.99. The third-order valence-electron chi connectivity index (χ3n) is 1.08. The second kappa shape index (κ2) is 6.06. The van der Waals surface area contributed by atoms with E-state index in [1.54, 1.807) is 0 Å². The van der Waals surface area contributed by atoms with E-state index in [1.165, 1.54) is 5.57 Å². The molecule has 0 unspecified atom stereocenters. The van der Waals surface area contributed by atoms with Crippen LogP contribution in [0.2, 0.25) is 0 Å². The second-order valence-electron chi connectivity index (χ2n) is 1.99. The van der Waals surface area contributed by atoms with Gasteiger partial charge in [-0.15, -0.1) is 0 Å². The maximum Gasteiger partial charge on any atom is 0.0149 e. The van der Waals surface area contributed by atoms with Crippen LogP contribution >= 0.6 is 0 Å². The van der Waals surface area contributed by atoms with Crippen molar-refractivity contribution >= 4 is 0 Å². The van der Waals surface area contributed by atoms with Gasteiger partial charge < -0.3 is 17.0 Å². The van der Waals surface area contributed by atoms with E-state index in [-0.39, 0.29) is 36.5 Å². The molecular formula is C8H9BrZn-. The summed E-state index contributed by atoms with van der Waals surface area (Å²) in [6, 6.07) is 0. The van der Waals surface area contributed by atoms with E-state index < -0.39 is 0 Å². The molecule has 0 nitrogen and oxygen atoms in total. The largest absolute Gasteiger partial charge is 1.00 e. The fourth-order valence-corrected chi connectivity index (χ4v) is 0.712. The van der Waals surface area contributed by atoms with E-state index in [9.17, 15) is 0 Å². The summed E-state index contributed by atoms with van der Waals surface area (Å²) >= 11 is 0. The van der Waals surface area contributed by atoms with Gasteiger partial charge in [-0.2, -0.15) is 0 Å². The maximum atomic E-state index is 3.78. The Hall–Kier alpha value is 0.323. The van der Waals surface area contributed by atoms with E-state index in [1.807, 2.05) is 12.2 Å². The smallest absolute Gasteiger partial charge is 0.0149 e. The minimum atomic E-state index is 0. The monoisotopic (exact) mass is 248 g/mol. The van der Waals surface area contributed by atoms with Crippen LogP contribution in [0, 0.1) is 6.42 Å². The zero-order valence-electron chi connectivity index (χ0n) is 6.10. The van der Waals surface area contributed by atoms with Gasteiger partial charge in [0.05, 0.1) is 0 Å². The number of rotatable bonds is 0. The quantitative estimate of drug-likeness (QED) is 0.497. The molecule has 1 aliphatic rings. The zero-order chi connectivity index (χ0) is 5.98. The summed E-state index contributed by atoms with van der Waals surface area (Å²) in [6.45, 7) is 5.85. The van der Waals surface area contributed by atoms with Crippen molar-refractivity contribution in [1.29, 1.82) is 0 Å². The van der Waals surface area contributed by atoms with Gasteiger partial charge in [-0.3, -0.25) is 0 Å². The van der Waals surface area contributed by atoms with Crippen molar-refractivity contribution in [3.8, 4) is 0 Å². The molecule has 0 atom stereocenters. The van der Waals surface area contributed by atoms with Crippen molar-refractivity contribution < 1.29 is 36.5 Å². The summed E-state index contributed by atoms with van der Waals surface area (Å²) in [7, 11) is 0. The predicted molar refractivity (Wildman–Crippen MR) is 36.3 cm³/mol. The van der Waals surface area contributed by atoms with Crippen LogP contribution in [-0.4, -0.2) is 0 Å². The van der Waals surface area contributed by atoms with Crippen molar-refractivity contribution in [1.82, 2.24) is 0 Å². The first-order valence-corrected chi connectivity index (χ1v) is 2.67. The molecule has 0 fully saturated rings. The first-order valence-electron chi connectivity index (χ1n) is 2.67. The molecule has 0 saturated heterocycles. The van der Waals surface area contributed by atoms with Gasteiger partial charge in [0.25, 0.3) is 0 Å². The Bertz CT molecular complexity index is 168. The van der Waals surface area contributed by atoms with Gasteiger partial charge in [-0.1, -0.05) is 30.4 Å². The molecule has 0 aromatic heterocycles. The molecule has 51 valence electrons. The Labute approximate surface area is 85.6 Å². The van der Waals surface area contributed by atoms with Crippen molar-refractivity contribution in [2.75, 3.05) is 0 Å². The van der Waals surface area contributed by atoms with E-state index in [0.717, 1.165) is 5.57 Å². The molecule has 2 heteroatoms. The molecule has 0 aromatic carbocycles. The Kier molecular flexibility index (Phi) is 7.85. The predicted octanol–water partition coefficient (Wildman–Crippen LogP) is -0.736.